The molecule has 1 saturated heterocycles. The van der Waals surface area contributed by atoms with Crippen molar-refractivity contribution in [3.05, 3.63) is 22.7 Å². The van der Waals surface area contributed by atoms with Crippen LogP contribution in [-0.4, -0.2) is 49.0 Å². The molecule has 7 nitrogen and oxygen atoms in total. The van der Waals surface area contributed by atoms with Gasteiger partial charge in [0.2, 0.25) is 5.91 Å². The van der Waals surface area contributed by atoms with Crippen molar-refractivity contribution in [3.63, 3.8) is 0 Å². The Labute approximate surface area is 143 Å². The number of carbonyl (C=O) groups excluding carboxylic acids is 2. The van der Waals surface area contributed by atoms with Crippen LogP contribution in [0.15, 0.2) is 12.1 Å². The maximum atomic E-state index is 12.2. The highest BCUT2D eigenvalue weighted by molar-refractivity contribution is 7.21. The Kier molecular flexibility index (Phi) is 4.68. The highest BCUT2D eigenvalue weighted by Crippen LogP contribution is 2.36. The van der Waals surface area contributed by atoms with Gasteiger partial charge in [-0.2, -0.15) is 0 Å². The lowest BCUT2D eigenvalue weighted by Crippen LogP contribution is -2.33. The van der Waals surface area contributed by atoms with Gasteiger partial charge in [0, 0.05) is 26.1 Å². The molecule has 8 heteroatoms. The van der Waals surface area contributed by atoms with Gasteiger partial charge in [0.25, 0.3) is 5.91 Å². The Morgan fingerprint density at radius 2 is 2.29 bits per heavy atom. The van der Waals surface area contributed by atoms with E-state index in [1.807, 2.05) is 17.0 Å². The van der Waals surface area contributed by atoms with Gasteiger partial charge in [-0.25, -0.2) is 4.98 Å². The van der Waals surface area contributed by atoms with Gasteiger partial charge < -0.3 is 20.7 Å². The smallest absolute Gasteiger partial charge is 0.263 e. The van der Waals surface area contributed by atoms with Crippen molar-refractivity contribution in [2.24, 2.45) is 0 Å². The molecular formula is C16H20N4O3S. The number of nitrogens with zero attached hydrogens (tertiary/aromatic N) is 2. The van der Waals surface area contributed by atoms with Crippen molar-refractivity contribution in [1.82, 2.24) is 15.2 Å². The Hall–Kier alpha value is -2.19. The molecule has 1 atom stereocenters. The molecule has 0 spiro atoms. The van der Waals surface area contributed by atoms with Crippen LogP contribution >= 0.6 is 11.3 Å². The molecule has 128 valence electrons. The van der Waals surface area contributed by atoms with Crippen molar-refractivity contribution in [2.75, 3.05) is 33.0 Å². The molecule has 2 amide bonds. The number of methoxy groups -OCH3 is 1. The van der Waals surface area contributed by atoms with E-state index in [4.69, 9.17) is 10.5 Å². The van der Waals surface area contributed by atoms with E-state index in [-0.39, 0.29) is 24.5 Å². The predicted molar refractivity (Wildman–Crippen MR) is 93.0 cm³/mol. The van der Waals surface area contributed by atoms with E-state index in [1.54, 1.807) is 7.05 Å². The second-order valence-corrected chi connectivity index (χ2v) is 6.69. The van der Waals surface area contributed by atoms with Crippen molar-refractivity contribution >= 4 is 39.1 Å². The average molecular weight is 348 g/mol. The predicted octanol–water partition coefficient (Wildman–Crippen LogP) is 1.55. The number of anilines is 1. The molecule has 2 aromatic rings. The zero-order valence-electron chi connectivity index (χ0n) is 13.7. The Balaban J connectivity index is 1.95. The summed E-state index contributed by atoms with van der Waals surface area (Å²) < 4.78 is 4.96. The van der Waals surface area contributed by atoms with E-state index < -0.39 is 0 Å². The monoisotopic (exact) mass is 348 g/mol. The molecule has 3 rings (SSSR count). The van der Waals surface area contributed by atoms with E-state index >= 15 is 0 Å². The molecule has 0 aliphatic carbocycles. The topological polar surface area (TPSA) is 97.5 Å². The summed E-state index contributed by atoms with van der Waals surface area (Å²) in [4.78, 5) is 31.7. The first-order valence-corrected chi connectivity index (χ1v) is 8.57. The van der Waals surface area contributed by atoms with Gasteiger partial charge in [0.15, 0.2) is 0 Å². The lowest BCUT2D eigenvalue weighted by atomic mass is 10.1. The summed E-state index contributed by atoms with van der Waals surface area (Å²) in [7, 11) is 3.09. The maximum absolute atomic E-state index is 12.2. The third kappa shape index (κ3) is 2.83. The number of nitrogens with two attached hydrogens (primary N) is 1. The number of nitrogens with one attached hydrogen (secondary N) is 1. The first-order chi connectivity index (χ1) is 11.6. The zero-order valence-corrected chi connectivity index (χ0v) is 14.5. The molecule has 1 aliphatic heterocycles. The van der Waals surface area contributed by atoms with Gasteiger partial charge in [0.05, 0.1) is 17.4 Å². The second-order valence-electron chi connectivity index (χ2n) is 5.69. The third-order valence-corrected chi connectivity index (χ3v) is 5.34. The summed E-state index contributed by atoms with van der Waals surface area (Å²) in [6, 6.07) is 3.72. The first-order valence-electron chi connectivity index (χ1n) is 7.76. The number of fused-ring (bicyclic) bond motifs is 1. The van der Waals surface area contributed by atoms with Gasteiger partial charge >= 0.3 is 0 Å². The largest absolute Gasteiger partial charge is 0.397 e. The molecule has 1 fully saturated rings. The van der Waals surface area contributed by atoms with Crippen LogP contribution in [0, 0.1) is 0 Å². The fourth-order valence-corrected chi connectivity index (χ4v) is 4.11. The lowest BCUT2D eigenvalue weighted by Gasteiger charge is -2.24. The average Bonchev–Trinajstić information content (AvgIpc) is 3.19. The summed E-state index contributed by atoms with van der Waals surface area (Å²) in [5.41, 5.74) is 7.34. The fourth-order valence-electron chi connectivity index (χ4n) is 3.06. The van der Waals surface area contributed by atoms with Crippen LogP contribution < -0.4 is 11.1 Å². The molecule has 0 radical (unpaired) electrons. The van der Waals surface area contributed by atoms with Gasteiger partial charge in [-0.1, -0.05) is 0 Å². The maximum Gasteiger partial charge on any atom is 0.263 e. The van der Waals surface area contributed by atoms with Crippen LogP contribution in [0.4, 0.5) is 5.69 Å². The number of amides is 2. The number of carbonyl (C=O) groups is 2. The minimum Gasteiger partial charge on any atom is -0.397 e. The Morgan fingerprint density at radius 3 is 3.00 bits per heavy atom. The standard InChI is InChI=1S/C16H20N4O3S/c1-18-15(22)14-13(17)9-5-6-10(19-16(9)24-14)11-4-3-7-20(11)12(21)8-23-2/h5-6,11H,3-4,7-8,17H2,1-2H3,(H,18,22)/t11-/m0/s1. The van der Waals surface area contributed by atoms with Gasteiger partial charge in [-0.15, -0.1) is 11.3 Å². The fraction of sp³-hybridized carbons (Fsp3) is 0.438. The Bertz CT molecular complexity index is 789. The zero-order chi connectivity index (χ0) is 17.3. The van der Waals surface area contributed by atoms with Crippen molar-refractivity contribution in [2.45, 2.75) is 18.9 Å². The van der Waals surface area contributed by atoms with E-state index in [0.29, 0.717) is 17.1 Å². The van der Waals surface area contributed by atoms with Gasteiger partial charge in [-0.05, 0) is 25.0 Å². The van der Waals surface area contributed by atoms with Crippen molar-refractivity contribution in [1.29, 1.82) is 0 Å². The molecule has 24 heavy (non-hydrogen) atoms. The quantitative estimate of drug-likeness (QED) is 0.874. The molecule has 3 N–H and O–H groups in total. The summed E-state index contributed by atoms with van der Waals surface area (Å²) in [5, 5.41) is 3.36. The SMILES string of the molecule is CNC(=O)c1sc2nc([C@@H]3CCCN3C(=O)COC)ccc2c1N. The summed E-state index contributed by atoms with van der Waals surface area (Å²) in [6.07, 6.45) is 1.81. The van der Waals surface area contributed by atoms with Crippen molar-refractivity contribution in [3.8, 4) is 0 Å². The molecule has 1 aliphatic rings. The molecule has 0 bridgehead atoms. The van der Waals surface area contributed by atoms with E-state index in [2.05, 4.69) is 10.3 Å². The number of hydrogen-bond donors (Lipinski definition) is 2. The van der Waals surface area contributed by atoms with Crippen LogP contribution in [0.2, 0.25) is 0 Å². The summed E-state index contributed by atoms with van der Waals surface area (Å²) in [6.45, 7) is 0.786. The number of thiophene rings is 1. The Morgan fingerprint density at radius 1 is 1.50 bits per heavy atom. The third-order valence-electron chi connectivity index (χ3n) is 4.23. The lowest BCUT2D eigenvalue weighted by molar-refractivity contribution is -0.136. The molecule has 0 unspecified atom stereocenters. The molecular weight excluding hydrogens is 328 g/mol. The summed E-state index contributed by atoms with van der Waals surface area (Å²) in [5.74, 6) is -0.242. The number of aromatic nitrogens is 1. The van der Waals surface area contributed by atoms with Crippen LogP contribution in [0.1, 0.15) is 34.2 Å². The summed E-state index contributed by atoms with van der Waals surface area (Å²) >= 11 is 1.27. The molecule has 0 saturated carbocycles. The van der Waals surface area contributed by atoms with Crippen LogP contribution in [0.25, 0.3) is 10.2 Å². The van der Waals surface area contributed by atoms with Crippen LogP contribution in [0.5, 0.6) is 0 Å². The van der Waals surface area contributed by atoms with Crippen LogP contribution in [-0.2, 0) is 9.53 Å². The highest BCUT2D eigenvalue weighted by atomic mass is 32.1. The number of rotatable bonds is 4. The van der Waals surface area contributed by atoms with E-state index in [9.17, 15) is 9.59 Å². The minimum absolute atomic E-state index is 0.0290. The molecule has 2 aromatic heterocycles. The second kappa shape index (κ2) is 6.74. The van der Waals surface area contributed by atoms with Crippen LogP contribution in [0.3, 0.4) is 0 Å². The van der Waals surface area contributed by atoms with Gasteiger partial charge in [0.1, 0.15) is 16.3 Å². The normalized spacial score (nSPS) is 17.4. The highest BCUT2D eigenvalue weighted by Gasteiger charge is 2.31. The first kappa shape index (κ1) is 16.7. The number of likely N-dealkylation sites (tertiary alicyclic amines) is 1. The molecule has 3 heterocycles. The molecule has 0 aromatic carbocycles. The number of hydrogen-bond acceptors (Lipinski definition) is 6. The number of pyridine rings is 1. The minimum atomic E-state index is -0.213. The van der Waals surface area contributed by atoms with E-state index in [1.165, 1.54) is 18.4 Å². The van der Waals surface area contributed by atoms with Crippen molar-refractivity contribution < 1.29 is 14.3 Å². The number of nitrogen functional groups attached to an aromatic ring is 1. The van der Waals surface area contributed by atoms with E-state index in [0.717, 1.165) is 28.8 Å². The number of ether oxygens (including phenoxy) is 1. The van der Waals surface area contributed by atoms with Gasteiger partial charge in [-0.3, -0.25) is 9.59 Å².